The van der Waals surface area contributed by atoms with Gasteiger partial charge in [-0.1, -0.05) is 35.5 Å². The number of likely N-dealkylation sites (tertiary alicyclic amines) is 1. The van der Waals surface area contributed by atoms with Gasteiger partial charge in [-0.3, -0.25) is 9.69 Å². The van der Waals surface area contributed by atoms with Crippen molar-refractivity contribution in [3.05, 3.63) is 35.9 Å². The molecule has 1 amide bonds. The largest absolute Gasteiger partial charge is 0.387 e. The van der Waals surface area contributed by atoms with Gasteiger partial charge in [-0.05, 0) is 37.8 Å². The van der Waals surface area contributed by atoms with Crippen LogP contribution in [0.3, 0.4) is 0 Å². The Bertz CT molecular complexity index is 647. The molecule has 0 radical (unpaired) electrons. The van der Waals surface area contributed by atoms with Crippen LogP contribution < -0.4 is 10.6 Å². The van der Waals surface area contributed by atoms with Gasteiger partial charge in [0.15, 0.2) is 5.60 Å². The number of carbonyl (C=O) groups is 1. The van der Waals surface area contributed by atoms with Crippen molar-refractivity contribution in [2.24, 2.45) is 5.16 Å². The molecule has 6 nitrogen and oxygen atoms in total. The maximum atomic E-state index is 12.6. The lowest BCUT2D eigenvalue weighted by Gasteiger charge is -2.32. The van der Waals surface area contributed by atoms with Crippen molar-refractivity contribution in [1.29, 1.82) is 0 Å². The molecule has 3 heterocycles. The Morgan fingerprint density at radius 3 is 2.85 bits per heavy atom. The Kier molecular flexibility index (Phi) is 5.22. The van der Waals surface area contributed by atoms with Crippen molar-refractivity contribution in [3.63, 3.8) is 0 Å². The number of amides is 1. The number of carbonyl (C=O) groups excluding carboxylic acids is 1. The van der Waals surface area contributed by atoms with Gasteiger partial charge in [0.25, 0.3) is 5.91 Å². The summed E-state index contributed by atoms with van der Waals surface area (Å²) in [5.41, 5.74) is 1.61. The second kappa shape index (κ2) is 7.76. The molecule has 2 fully saturated rings. The van der Waals surface area contributed by atoms with Crippen LogP contribution >= 0.6 is 0 Å². The molecule has 1 atom stereocenters. The molecular weight excluding hydrogens is 328 g/mol. The number of nitrogens with one attached hydrogen (secondary N) is 2. The van der Waals surface area contributed by atoms with Gasteiger partial charge < -0.3 is 15.5 Å². The van der Waals surface area contributed by atoms with Gasteiger partial charge in [0, 0.05) is 38.6 Å². The van der Waals surface area contributed by atoms with Gasteiger partial charge in [0.2, 0.25) is 0 Å². The van der Waals surface area contributed by atoms with E-state index >= 15 is 0 Å². The molecule has 140 valence electrons. The zero-order valence-corrected chi connectivity index (χ0v) is 15.2. The quantitative estimate of drug-likeness (QED) is 0.861. The normalized spacial score (nSPS) is 27.2. The van der Waals surface area contributed by atoms with Gasteiger partial charge in [0.05, 0.1) is 0 Å². The average molecular weight is 356 g/mol. The van der Waals surface area contributed by atoms with Crippen molar-refractivity contribution in [2.45, 2.75) is 50.3 Å². The number of hydrogen-bond donors (Lipinski definition) is 2. The first-order valence-electron chi connectivity index (χ1n) is 9.75. The third-order valence-electron chi connectivity index (χ3n) is 5.71. The summed E-state index contributed by atoms with van der Waals surface area (Å²) in [7, 11) is 0. The molecule has 2 N–H and O–H groups in total. The highest BCUT2D eigenvalue weighted by atomic mass is 16.7. The Balaban J connectivity index is 1.22. The van der Waals surface area contributed by atoms with Crippen LogP contribution in [0.2, 0.25) is 0 Å². The van der Waals surface area contributed by atoms with E-state index in [0.717, 1.165) is 58.4 Å². The summed E-state index contributed by atoms with van der Waals surface area (Å²) < 4.78 is 0. The standard InChI is InChI=1S/C20H28N4O2/c25-19(18-13-20(26-23-18)9-4-10-21-15-20)22-17-7-11-24(12-8-17)14-16-5-2-1-3-6-16/h1-3,5-6,17,21H,4,7-15H2,(H,22,25). The molecule has 2 saturated heterocycles. The third-order valence-corrected chi connectivity index (χ3v) is 5.71. The molecular formula is C20H28N4O2. The van der Waals surface area contributed by atoms with Crippen molar-refractivity contribution < 1.29 is 9.63 Å². The van der Waals surface area contributed by atoms with Crippen LogP contribution in [0.25, 0.3) is 0 Å². The third kappa shape index (κ3) is 4.07. The SMILES string of the molecule is O=C(NC1CCN(Cc2ccccc2)CC1)C1=NOC2(CCCNC2)C1. The van der Waals surface area contributed by atoms with E-state index in [1.54, 1.807) is 0 Å². The van der Waals surface area contributed by atoms with Crippen molar-refractivity contribution in [2.75, 3.05) is 26.2 Å². The smallest absolute Gasteiger partial charge is 0.269 e. The highest BCUT2D eigenvalue weighted by Gasteiger charge is 2.42. The first kappa shape index (κ1) is 17.5. The molecule has 6 heteroatoms. The van der Waals surface area contributed by atoms with E-state index in [9.17, 15) is 4.79 Å². The summed E-state index contributed by atoms with van der Waals surface area (Å²) in [4.78, 5) is 20.7. The van der Waals surface area contributed by atoms with Gasteiger partial charge in [-0.2, -0.15) is 0 Å². The van der Waals surface area contributed by atoms with Crippen molar-refractivity contribution in [3.8, 4) is 0 Å². The number of benzene rings is 1. The second-order valence-electron chi connectivity index (χ2n) is 7.78. The highest BCUT2D eigenvalue weighted by molar-refractivity contribution is 6.39. The first-order chi connectivity index (χ1) is 12.7. The predicted octanol–water partition coefficient (Wildman–Crippen LogP) is 1.67. The summed E-state index contributed by atoms with van der Waals surface area (Å²) in [5.74, 6) is -0.0473. The van der Waals surface area contributed by atoms with E-state index < -0.39 is 0 Å². The second-order valence-corrected chi connectivity index (χ2v) is 7.78. The van der Waals surface area contributed by atoms with Crippen LogP contribution in [0, 0.1) is 0 Å². The summed E-state index contributed by atoms with van der Waals surface area (Å²) >= 11 is 0. The fourth-order valence-electron chi connectivity index (χ4n) is 4.16. The fourth-order valence-corrected chi connectivity index (χ4v) is 4.16. The minimum atomic E-state index is -0.288. The van der Waals surface area contributed by atoms with Gasteiger partial charge in [-0.15, -0.1) is 0 Å². The summed E-state index contributed by atoms with van der Waals surface area (Å²) in [5, 5.41) is 10.6. The molecule has 1 aromatic rings. The van der Waals surface area contributed by atoms with Crippen molar-refractivity contribution in [1.82, 2.24) is 15.5 Å². The first-order valence-corrected chi connectivity index (χ1v) is 9.75. The summed E-state index contributed by atoms with van der Waals surface area (Å²) in [6, 6.07) is 10.8. The minimum Gasteiger partial charge on any atom is -0.387 e. The van der Waals surface area contributed by atoms with Gasteiger partial charge >= 0.3 is 0 Å². The lowest BCUT2D eigenvalue weighted by Crippen LogP contribution is -2.48. The molecule has 26 heavy (non-hydrogen) atoms. The Morgan fingerprint density at radius 2 is 2.12 bits per heavy atom. The zero-order valence-electron chi connectivity index (χ0n) is 15.2. The van der Waals surface area contributed by atoms with Crippen molar-refractivity contribution >= 4 is 11.6 Å². The molecule has 1 aromatic carbocycles. The number of hydrogen-bond acceptors (Lipinski definition) is 5. The van der Waals surface area contributed by atoms with E-state index in [2.05, 4.69) is 45.0 Å². The zero-order chi connectivity index (χ0) is 17.8. The van der Waals surface area contributed by atoms with E-state index in [1.807, 2.05) is 6.07 Å². The van der Waals surface area contributed by atoms with Gasteiger partial charge in [0.1, 0.15) is 5.71 Å². The highest BCUT2D eigenvalue weighted by Crippen LogP contribution is 2.30. The molecule has 0 bridgehead atoms. The van der Waals surface area contributed by atoms with Crippen LogP contribution in [0.15, 0.2) is 35.5 Å². The Labute approximate surface area is 155 Å². The van der Waals surface area contributed by atoms with E-state index in [0.29, 0.717) is 12.1 Å². The van der Waals surface area contributed by atoms with Crippen LogP contribution in [-0.2, 0) is 16.2 Å². The average Bonchev–Trinajstić information content (AvgIpc) is 3.08. The molecule has 3 aliphatic heterocycles. The topological polar surface area (TPSA) is 66.0 Å². The van der Waals surface area contributed by atoms with E-state index in [4.69, 9.17) is 4.84 Å². The lowest BCUT2D eigenvalue weighted by atomic mass is 9.89. The lowest BCUT2D eigenvalue weighted by molar-refractivity contribution is -0.115. The molecule has 0 aromatic heterocycles. The van der Waals surface area contributed by atoms with E-state index in [-0.39, 0.29) is 17.6 Å². The minimum absolute atomic E-state index is 0.0473. The number of piperidine rings is 2. The van der Waals surface area contributed by atoms with Gasteiger partial charge in [-0.25, -0.2) is 0 Å². The summed E-state index contributed by atoms with van der Waals surface area (Å²) in [6.45, 7) is 4.81. The maximum absolute atomic E-state index is 12.6. The Morgan fingerprint density at radius 1 is 1.31 bits per heavy atom. The van der Waals surface area contributed by atoms with Crippen LogP contribution in [0.1, 0.15) is 37.7 Å². The molecule has 0 aliphatic carbocycles. The Hall–Kier alpha value is -1.92. The fraction of sp³-hybridized carbons (Fsp3) is 0.600. The monoisotopic (exact) mass is 356 g/mol. The molecule has 1 spiro atoms. The molecule has 0 saturated carbocycles. The molecule has 1 unspecified atom stereocenters. The van der Waals surface area contributed by atoms with Crippen LogP contribution in [0.5, 0.6) is 0 Å². The van der Waals surface area contributed by atoms with Crippen LogP contribution in [0.4, 0.5) is 0 Å². The molecule has 3 aliphatic rings. The van der Waals surface area contributed by atoms with Crippen LogP contribution in [-0.4, -0.2) is 54.3 Å². The summed E-state index contributed by atoms with van der Waals surface area (Å²) in [6.07, 6.45) is 4.64. The molecule has 4 rings (SSSR count). The number of oxime groups is 1. The number of nitrogens with zero attached hydrogens (tertiary/aromatic N) is 2. The number of rotatable bonds is 4. The predicted molar refractivity (Wildman–Crippen MR) is 101 cm³/mol. The maximum Gasteiger partial charge on any atom is 0.269 e. The van der Waals surface area contributed by atoms with E-state index in [1.165, 1.54) is 5.56 Å².